The van der Waals surface area contributed by atoms with E-state index in [1.807, 2.05) is 48.7 Å². The molecule has 3 aromatic rings. The molecular weight excluding hydrogens is 324 g/mol. The molecule has 0 fully saturated rings. The van der Waals surface area contributed by atoms with E-state index in [0.29, 0.717) is 11.0 Å². The molecule has 0 radical (unpaired) electrons. The number of benzene rings is 1. The quantitative estimate of drug-likeness (QED) is 0.697. The van der Waals surface area contributed by atoms with E-state index in [2.05, 4.69) is 20.6 Å². The van der Waals surface area contributed by atoms with E-state index in [1.54, 1.807) is 23.3 Å². The van der Waals surface area contributed by atoms with Crippen molar-refractivity contribution in [3.05, 3.63) is 48.9 Å². The van der Waals surface area contributed by atoms with Crippen molar-refractivity contribution in [2.45, 2.75) is 25.0 Å². The number of amides is 1. The Hall–Kier alpha value is -2.61. The van der Waals surface area contributed by atoms with Crippen LogP contribution < -0.4 is 5.32 Å². The van der Waals surface area contributed by atoms with Crippen LogP contribution in [0.3, 0.4) is 0 Å². The third-order valence-electron chi connectivity index (χ3n) is 3.31. The van der Waals surface area contributed by atoms with Gasteiger partial charge in [-0.05, 0) is 26.0 Å². The minimum atomic E-state index is -0.106. The number of nitrogens with one attached hydrogen (secondary N) is 1. The number of carbonyl (C=O) groups excluding carboxylic acids is 1. The Morgan fingerprint density at radius 1 is 1.25 bits per heavy atom. The standard InChI is InChI=1S/C16H18N6OS/c1-12(2)22-14(8-9-18-22)19-15(23)10-24-16-20-17-11-21(16)13-6-4-3-5-7-13/h3-9,11-12H,10H2,1-2H3,(H,19,23). The van der Waals surface area contributed by atoms with Crippen LogP contribution in [0.25, 0.3) is 5.69 Å². The molecule has 8 heteroatoms. The van der Waals surface area contributed by atoms with Crippen molar-refractivity contribution in [2.24, 2.45) is 0 Å². The van der Waals surface area contributed by atoms with Gasteiger partial charge in [-0.15, -0.1) is 10.2 Å². The minimum absolute atomic E-state index is 0.106. The van der Waals surface area contributed by atoms with Crippen LogP contribution in [0.15, 0.2) is 54.1 Å². The predicted octanol–water partition coefficient (Wildman–Crippen LogP) is 2.78. The van der Waals surface area contributed by atoms with Gasteiger partial charge in [-0.2, -0.15) is 5.10 Å². The second-order valence-corrected chi connectivity index (χ2v) is 6.35. The van der Waals surface area contributed by atoms with Crippen LogP contribution in [0.2, 0.25) is 0 Å². The van der Waals surface area contributed by atoms with Crippen molar-refractivity contribution in [1.29, 1.82) is 0 Å². The highest BCUT2D eigenvalue weighted by atomic mass is 32.2. The summed E-state index contributed by atoms with van der Waals surface area (Å²) in [6, 6.07) is 11.8. The molecule has 0 saturated heterocycles. The van der Waals surface area contributed by atoms with Gasteiger partial charge in [0.25, 0.3) is 0 Å². The molecule has 0 aliphatic heterocycles. The van der Waals surface area contributed by atoms with E-state index in [4.69, 9.17) is 0 Å². The second kappa shape index (κ2) is 7.31. The molecule has 2 heterocycles. The Bertz CT molecular complexity index is 811. The van der Waals surface area contributed by atoms with Crippen LogP contribution in [-0.2, 0) is 4.79 Å². The fraction of sp³-hybridized carbons (Fsp3) is 0.250. The number of hydrogen-bond donors (Lipinski definition) is 1. The topological polar surface area (TPSA) is 77.6 Å². The van der Waals surface area contributed by atoms with E-state index in [9.17, 15) is 4.79 Å². The first-order valence-electron chi connectivity index (χ1n) is 7.57. The van der Waals surface area contributed by atoms with Gasteiger partial charge in [-0.3, -0.25) is 9.36 Å². The van der Waals surface area contributed by atoms with Crippen molar-refractivity contribution in [3.8, 4) is 5.69 Å². The molecule has 124 valence electrons. The van der Waals surface area contributed by atoms with Gasteiger partial charge in [-0.25, -0.2) is 4.68 Å². The Kier molecular flexibility index (Phi) is 4.95. The molecule has 1 amide bonds. The first-order chi connectivity index (χ1) is 11.6. The summed E-state index contributed by atoms with van der Waals surface area (Å²) in [6.07, 6.45) is 3.32. The average Bonchev–Trinajstić information content (AvgIpc) is 3.22. The van der Waals surface area contributed by atoms with Crippen molar-refractivity contribution in [2.75, 3.05) is 11.1 Å². The smallest absolute Gasteiger partial charge is 0.235 e. The highest BCUT2D eigenvalue weighted by Crippen LogP contribution is 2.20. The molecule has 0 bridgehead atoms. The molecule has 7 nitrogen and oxygen atoms in total. The van der Waals surface area contributed by atoms with Crippen molar-refractivity contribution in [1.82, 2.24) is 24.5 Å². The molecule has 2 aromatic heterocycles. The van der Waals surface area contributed by atoms with Gasteiger partial charge in [0.1, 0.15) is 12.1 Å². The summed E-state index contributed by atoms with van der Waals surface area (Å²) < 4.78 is 3.63. The van der Waals surface area contributed by atoms with E-state index in [1.165, 1.54) is 11.8 Å². The lowest BCUT2D eigenvalue weighted by molar-refractivity contribution is -0.113. The Balaban J connectivity index is 1.63. The maximum Gasteiger partial charge on any atom is 0.235 e. The van der Waals surface area contributed by atoms with Gasteiger partial charge in [0.15, 0.2) is 5.16 Å². The third-order valence-corrected chi connectivity index (χ3v) is 4.25. The summed E-state index contributed by atoms with van der Waals surface area (Å²) in [7, 11) is 0. The van der Waals surface area contributed by atoms with Gasteiger partial charge < -0.3 is 5.32 Å². The number of nitrogens with zero attached hydrogens (tertiary/aromatic N) is 5. The predicted molar refractivity (Wildman–Crippen MR) is 93.3 cm³/mol. The summed E-state index contributed by atoms with van der Waals surface area (Å²) in [6.45, 7) is 4.03. The van der Waals surface area contributed by atoms with Gasteiger partial charge in [0.05, 0.1) is 11.9 Å². The first kappa shape index (κ1) is 16.3. The van der Waals surface area contributed by atoms with Crippen molar-refractivity contribution in [3.63, 3.8) is 0 Å². The largest absolute Gasteiger partial charge is 0.310 e. The second-order valence-electron chi connectivity index (χ2n) is 5.41. The summed E-state index contributed by atoms with van der Waals surface area (Å²) in [5.41, 5.74) is 0.961. The average molecular weight is 342 g/mol. The number of para-hydroxylation sites is 1. The third kappa shape index (κ3) is 3.65. The first-order valence-corrected chi connectivity index (χ1v) is 8.55. The molecule has 0 spiro atoms. The molecule has 1 N–H and O–H groups in total. The lowest BCUT2D eigenvalue weighted by Gasteiger charge is -2.11. The fourth-order valence-electron chi connectivity index (χ4n) is 2.22. The minimum Gasteiger partial charge on any atom is -0.310 e. The zero-order chi connectivity index (χ0) is 16.9. The zero-order valence-electron chi connectivity index (χ0n) is 13.5. The molecule has 0 atom stereocenters. The van der Waals surface area contributed by atoms with E-state index in [-0.39, 0.29) is 17.7 Å². The van der Waals surface area contributed by atoms with E-state index in [0.717, 1.165) is 5.69 Å². The van der Waals surface area contributed by atoms with Gasteiger partial charge in [-0.1, -0.05) is 30.0 Å². The Labute approximate surface area is 144 Å². The lowest BCUT2D eigenvalue weighted by atomic mass is 10.3. The van der Waals surface area contributed by atoms with Crippen molar-refractivity contribution < 1.29 is 4.79 Å². The molecule has 0 aliphatic rings. The lowest BCUT2D eigenvalue weighted by Crippen LogP contribution is -2.18. The molecule has 3 rings (SSSR count). The molecule has 0 unspecified atom stereocenters. The highest BCUT2D eigenvalue weighted by Gasteiger charge is 2.12. The monoisotopic (exact) mass is 342 g/mol. The number of hydrogen-bond acceptors (Lipinski definition) is 5. The number of thioether (sulfide) groups is 1. The van der Waals surface area contributed by atoms with Gasteiger partial charge in [0, 0.05) is 17.8 Å². The van der Waals surface area contributed by atoms with E-state index < -0.39 is 0 Å². The fourth-order valence-corrected chi connectivity index (χ4v) is 2.95. The van der Waals surface area contributed by atoms with Crippen LogP contribution in [0, 0.1) is 0 Å². The van der Waals surface area contributed by atoms with Crippen LogP contribution in [-0.4, -0.2) is 36.2 Å². The van der Waals surface area contributed by atoms with Gasteiger partial charge >= 0.3 is 0 Å². The number of carbonyl (C=O) groups is 1. The zero-order valence-corrected chi connectivity index (χ0v) is 14.3. The molecule has 0 aliphatic carbocycles. The van der Waals surface area contributed by atoms with Crippen LogP contribution in [0.1, 0.15) is 19.9 Å². The maximum absolute atomic E-state index is 12.2. The molecular formula is C16H18N6OS. The molecule has 0 saturated carbocycles. The number of anilines is 1. The molecule has 1 aromatic carbocycles. The molecule has 24 heavy (non-hydrogen) atoms. The summed E-state index contributed by atoms with van der Waals surface area (Å²) >= 11 is 1.34. The van der Waals surface area contributed by atoms with E-state index >= 15 is 0 Å². The van der Waals surface area contributed by atoms with Gasteiger partial charge in [0.2, 0.25) is 5.91 Å². The summed E-state index contributed by atoms with van der Waals surface area (Å²) in [4.78, 5) is 12.2. The van der Waals surface area contributed by atoms with Crippen LogP contribution >= 0.6 is 11.8 Å². The Morgan fingerprint density at radius 3 is 2.79 bits per heavy atom. The number of rotatable bonds is 6. The summed E-state index contributed by atoms with van der Waals surface area (Å²) in [5, 5.41) is 15.8. The normalized spacial score (nSPS) is 11.0. The van der Waals surface area contributed by atoms with Crippen LogP contribution in [0.4, 0.5) is 5.82 Å². The number of aromatic nitrogens is 5. The highest BCUT2D eigenvalue weighted by molar-refractivity contribution is 7.99. The van der Waals surface area contributed by atoms with Crippen molar-refractivity contribution >= 4 is 23.5 Å². The van der Waals surface area contributed by atoms with Crippen LogP contribution in [0.5, 0.6) is 0 Å². The Morgan fingerprint density at radius 2 is 2.04 bits per heavy atom. The maximum atomic E-state index is 12.2. The SMILES string of the molecule is CC(C)n1nccc1NC(=O)CSc1nncn1-c1ccccc1. The summed E-state index contributed by atoms with van der Waals surface area (Å²) in [5.74, 6) is 0.833.